The third kappa shape index (κ3) is 5.92. The van der Waals surface area contributed by atoms with Gasteiger partial charge < -0.3 is 0 Å². The molecule has 0 aliphatic carbocycles. The van der Waals surface area contributed by atoms with Crippen molar-refractivity contribution < 1.29 is 18.2 Å². The topological polar surface area (TPSA) is 9.86 Å². The van der Waals surface area contributed by atoms with E-state index in [9.17, 15) is 0 Å². The van der Waals surface area contributed by atoms with E-state index in [1.54, 1.807) is 0 Å². The Morgan fingerprint density at radius 3 is 1.26 bits per heavy atom. The van der Waals surface area contributed by atoms with Crippen LogP contribution in [0.25, 0.3) is 0 Å². The van der Waals surface area contributed by atoms with Gasteiger partial charge >= 0.3 is 157 Å². The molecular weight excluding hydrogens is 489 g/mol. The minimum absolute atomic E-state index is 0.0715. The Morgan fingerprint density at radius 2 is 1.04 bits per heavy atom. The molecule has 1 aromatic rings. The van der Waals surface area contributed by atoms with E-state index in [2.05, 4.69) is 90.8 Å². The Bertz CT molecular complexity index is 544. The van der Waals surface area contributed by atoms with Crippen molar-refractivity contribution in [1.82, 2.24) is 9.13 Å². The molecule has 0 aliphatic rings. The summed E-state index contributed by atoms with van der Waals surface area (Å²) in [5.74, 6) is 0. The summed E-state index contributed by atoms with van der Waals surface area (Å²) in [5, 5.41) is 0. The Morgan fingerprint density at radius 1 is 0.739 bits per heavy atom. The summed E-state index contributed by atoms with van der Waals surface area (Å²) in [6, 6.07) is 0. The monoisotopic (exact) mass is 524 g/mol. The summed E-state index contributed by atoms with van der Waals surface area (Å²) in [6.45, 7) is 23.2. The number of imidazole rings is 1. The molecule has 0 fully saturated rings. The molecule has 0 saturated heterocycles. The summed E-state index contributed by atoms with van der Waals surface area (Å²) >= 11 is -0.394. The predicted molar refractivity (Wildman–Crippen MR) is 98.3 cm³/mol. The number of aromatic nitrogens is 2. The summed E-state index contributed by atoms with van der Waals surface area (Å²) in [4.78, 5) is 0. The maximum atomic E-state index is 6.49. The first-order valence-corrected chi connectivity index (χ1v) is 12.2. The van der Waals surface area contributed by atoms with E-state index < -0.39 is 18.2 Å². The van der Waals surface area contributed by atoms with Crippen LogP contribution in [0.1, 0.15) is 82.1 Å². The van der Waals surface area contributed by atoms with Crippen LogP contribution in [-0.2, 0) is 29.3 Å². The number of halogens is 1. The van der Waals surface area contributed by atoms with Gasteiger partial charge in [0, 0.05) is 0 Å². The van der Waals surface area contributed by atoms with Crippen LogP contribution in [-0.4, -0.2) is 9.13 Å². The van der Waals surface area contributed by atoms with Crippen LogP contribution in [0, 0.1) is 14.5 Å². The van der Waals surface area contributed by atoms with Crippen molar-refractivity contribution in [3.05, 3.63) is 16.0 Å². The summed E-state index contributed by atoms with van der Waals surface area (Å²) in [6.07, 6.45) is 6.73. The van der Waals surface area contributed by atoms with Crippen LogP contribution in [0.5, 0.6) is 0 Å². The Kier molecular flexibility index (Phi) is 6.35. The quantitative estimate of drug-likeness (QED) is 0.403. The molecule has 2 nitrogen and oxygen atoms in total. The third-order valence-electron chi connectivity index (χ3n) is 4.01. The minimum atomic E-state index is -0.394. The average molecular weight is 525 g/mol. The molecular formula is C19H36AuClN2-2. The summed E-state index contributed by atoms with van der Waals surface area (Å²) in [7, 11) is 6.49. The van der Waals surface area contributed by atoms with Gasteiger partial charge in [-0.25, -0.2) is 0 Å². The van der Waals surface area contributed by atoms with Crippen molar-refractivity contribution in [2.24, 2.45) is 10.8 Å². The van der Waals surface area contributed by atoms with Gasteiger partial charge in [0.05, 0.1) is 0 Å². The van der Waals surface area contributed by atoms with Crippen molar-refractivity contribution in [2.75, 3.05) is 0 Å². The van der Waals surface area contributed by atoms with Crippen LogP contribution < -0.4 is 0 Å². The molecule has 1 rings (SSSR count). The van der Waals surface area contributed by atoms with Crippen LogP contribution in [0.4, 0.5) is 0 Å². The van der Waals surface area contributed by atoms with Crippen LogP contribution in [0.3, 0.4) is 0 Å². The molecule has 0 saturated carbocycles. The molecule has 23 heavy (non-hydrogen) atoms. The first-order valence-electron chi connectivity index (χ1n) is 8.42. The average Bonchev–Trinajstić information content (AvgIpc) is 2.66. The van der Waals surface area contributed by atoms with E-state index in [4.69, 9.17) is 9.19 Å². The molecule has 0 atom stereocenters. The molecule has 142 valence electrons. The SMILES string of the molecule is CC(C)(C)CC(C)(C)n1ccn(C(C)(C)CC(C)(C)C)[c]1=[Au-2][Cl]. The summed E-state index contributed by atoms with van der Waals surface area (Å²) in [5.41, 5.74) is 0.726. The van der Waals surface area contributed by atoms with E-state index in [1.807, 2.05) is 0 Å². The molecule has 1 aromatic heterocycles. The number of hydrogen-bond acceptors (Lipinski definition) is 0. The van der Waals surface area contributed by atoms with Gasteiger partial charge in [0.1, 0.15) is 0 Å². The van der Waals surface area contributed by atoms with Gasteiger partial charge in [-0.2, -0.15) is 0 Å². The number of hydrogen-bond donors (Lipinski definition) is 0. The van der Waals surface area contributed by atoms with E-state index in [0.717, 1.165) is 12.8 Å². The standard InChI is InChI=1S/C19H36N2.Au.ClH/c1-16(2,3)13-18(7,8)20-11-12-21(15-20)19(9,10)14-17(4,5)6;;/h11-12H,13-14H2,1-10H3;;1H/q;-1;/p-1. The zero-order valence-corrected chi connectivity index (χ0v) is 19.6. The maximum absolute atomic E-state index is 6.49. The molecule has 0 aliphatic heterocycles. The molecule has 0 N–H and O–H groups in total. The van der Waals surface area contributed by atoms with Crippen molar-refractivity contribution >= 4 is 9.19 Å². The van der Waals surface area contributed by atoms with E-state index >= 15 is 0 Å². The van der Waals surface area contributed by atoms with Gasteiger partial charge in [-0.3, -0.25) is 0 Å². The zero-order chi connectivity index (χ0) is 18.3. The van der Waals surface area contributed by atoms with Gasteiger partial charge in [-0.1, -0.05) is 0 Å². The van der Waals surface area contributed by atoms with Gasteiger partial charge in [-0.05, 0) is 0 Å². The molecule has 0 spiro atoms. The van der Waals surface area contributed by atoms with E-state index in [0.29, 0.717) is 10.8 Å². The number of nitrogens with zero attached hydrogens (tertiary/aromatic N) is 2. The Hall–Kier alpha value is 0.240. The summed E-state index contributed by atoms with van der Waals surface area (Å²) < 4.78 is 6.16. The van der Waals surface area contributed by atoms with Gasteiger partial charge in [0.25, 0.3) is 0 Å². The predicted octanol–water partition coefficient (Wildman–Crippen LogP) is 6.40. The number of rotatable bonds is 4. The van der Waals surface area contributed by atoms with Gasteiger partial charge in [0.2, 0.25) is 0 Å². The molecule has 4 heteroatoms. The molecule has 1 heterocycles. The third-order valence-corrected chi connectivity index (χ3v) is 6.25. The fourth-order valence-electron chi connectivity index (χ4n) is 4.04. The van der Waals surface area contributed by atoms with Crippen LogP contribution in [0.15, 0.2) is 12.4 Å². The van der Waals surface area contributed by atoms with E-state index in [-0.39, 0.29) is 11.1 Å². The molecule has 0 radical (unpaired) electrons. The van der Waals surface area contributed by atoms with Crippen LogP contribution >= 0.6 is 9.19 Å². The Labute approximate surface area is 156 Å². The van der Waals surface area contributed by atoms with Crippen LogP contribution in [0.2, 0.25) is 0 Å². The second kappa shape index (κ2) is 6.86. The molecule has 0 amide bonds. The zero-order valence-electron chi connectivity index (χ0n) is 16.6. The molecule has 0 unspecified atom stereocenters. The van der Waals surface area contributed by atoms with Crippen molar-refractivity contribution in [2.45, 2.75) is 93.2 Å². The van der Waals surface area contributed by atoms with E-state index in [1.165, 1.54) is 3.63 Å². The molecule has 0 bridgehead atoms. The van der Waals surface area contributed by atoms with Gasteiger partial charge in [0.15, 0.2) is 0 Å². The second-order valence-electron chi connectivity index (χ2n) is 10.4. The molecule has 0 aromatic carbocycles. The fraction of sp³-hybridized carbons (Fsp3) is 0.842. The van der Waals surface area contributed by atoms with Crippen molar-refractivity contribution in [1.29, 1.82) is 0 Å². The normalized spacial score (nSPS) is 14.6. The first kappa shape index (κ1) is 21.3. The Balaban J connectivity index is 3.36. The fourth-order valence-corrected chi connectivity index (χ4v) is 6.97. The first-order chi connectivity index (χ1) is 10.1. The van der Waals surface area contributed by atoms with Crippen molar-refractivity contribution in [3.63, 3.8) is 0 Å². The van der Waals surface area contributed by atoms with Crippen molar-refractivity contribution in [3.8, 4) is 0 Å². The second-order valence-corrected chi connectivity index (χ2v) is 12.7. The van der Waals surface area contributed by atoms with Gasteiger partial charge in [-0.15, -0.1) is 0 Å².